The molecule has 1 N–H and O–H groups in total. The van der Waals surface area contributed by atoms with Crippen molar-refractivity contribution in [2.24, 2.45) is 0 Å². The molecule has 29 heavy (non-hydrogen) atoms. The Morgan fingerprint density at radius 3 is 1.90 bits per heavy atom. The Morgan fingerprint density at radius 2 is 1.34 bits per heavy atom. The summed E-state index contributed by atoms with van der Waals surface area (Å²) in [6.45, 7) is 2.00. The van der Waals surface area contributed by atoms with E-state index in [2.05, 4.69) is 4.72 Å². The lowest BCUT2D eigenvalue weighted by Crippen LogP contribution is -2.29. The van der Waals surface area contributed by atoms with E-state index in [4.69, 9.17) is 0 Å². The highest BCUT2D eigenvalue weighted by molar-refractivity contribution is 7.92. The first-order chi connectivity index (χ1) is 13.8. The van der Waals surface area contributed by atoms with Crippen molar-refractivity contribution < 1.29 is 18.0 Å². The van der Waals surface area contributed by atoms with E-state index in [9.17, 15) is 18.0 Å². The number of nitrogens with zero attached hydrogens (tertiary/aromatic N) is 1. The third-order valence-electron chi connectivity index (χ3n) is 4.76. The molecule has 1 aliphatic heterocycles. The molecule has 0 aromatic heterocycles. The SMILES string of the molecule is Cc1ccc(NS(=O)(=O)c2ccc(CN3C(=O)c4ccccc4C3=O)cc2)cc1. The van der Waals surface area contributed by atoms with Crippen molar-refractivity contribution in [1.29, 1.82) is 0 Å². The molecule has 0 bridgehead atoms. The number of anilines is 1. The molecule has 3 aromatic carbocycles. The Labute approximate surface area is 168 Å². The number of nitrogens with one attached hydrogen (secondary N) is 1. The molecule has 3 aromatic rings. The minimum Gasteiger partial charge on any atom is -0.280 e. The van der Waals surface area contributed by atoms with Crippen LogP contribution in [0.4, 0.5) is 5.69 Å². The van der Waals surface area contributed by atoms with Gasteiger partial charge in [0.1, 0.15) is 0 Å². The topological polar surface area (TPSA) is 83.6 Å². The Bertz CT molecular complexity index is 1170. The number of hydrogen-bond donors (Lipinski definition) is 1. The second kappa shape index (κ2) is 7.18. The van der Waals surface area contributed by atoms with Gasteiger partial charge in [-0.1, -0.05) is 42.0 Å². The summed E-state index contributed by atoms with van der Waals surface area (Å²) in [5, 5.41) is 0. The standard InChI is InChI=1S/C22H18N2O4S/c1-15-6-10-17(11-7-15)23-29(27,28)18-12-8-16(9-13-18)14-24-21(25)19-4-2-3-5-20(19)22(24)26/h2-13,23H,14H2,1H3. The van der Waals surface area contributed by atoms with Gasteiger partial charge in [-0.3, -0.25) is 19.2 Å². The maximum Gasteiger partial charge on any atom is 0.261 e. The van der Waals surface area contributed by atoms with E-state index in [1.807, 2.05) is 19.1 Å². The van der Waals surface area contributed by atoms with Crippen LogP contribution in [0.2, 0.25) is 0 Å². The Balaban J connectivity index is 1.50. The van der Waals surface area contributed by atoms with E-state index in [-0.39, 0.29) is 23.3 Å². The van der Waals surface area contributed by atoms with Crippen molar-refractivity contribution >= 4 is 27.5 Å². The molecule has 0 spiro atoms. The van der Waals surface area contributed by atoms with Crippen LogP contribution in [0.25, 0.3) is 0 Å². The molecule has 0 saturated heterocycles. The molecular formula is C22H18N2O4S. The van der Waals surface area contributed by atoms with Crippen LogP contribution in [0.5, 0.6) is 0 Å². The third kappa shape index (κ3) is 3.64. The smallest absolute Gasteiger partial charge is 0.261 e. The van der Waals surface area contributed by atoms with Gasteiger partial charge in [0, 0.05) is 5.69 Å². The fourth-order valence-corrected chi connectivity index (χ4v) is 4.23. The summed E-state index contributed by atoms with van der Waals surface area (Å²) < 4.78 is 27.7. The summed E-state index contributed by atoms with van der Waals surface area (Å²) in [5.41, 5.74) is 2.95. The number of aryl methyl sites for hydroxylation is 1. The number of sulfonamides is 1. The summed E-state index contributed by atoms with van der Waals surface area (Å²) in [4.78, 5) is 26.2. The number of amides is 2. The molecule has 0 atom stereocenters. The van der Waals surface area contributed by atoms with E-state index < -0.39 is 10.0 Å². The zero-order chi connectivity index (χ0) is 20.6. The average molecular weight is 406 g/mol. The summed E-state index contributed by atoms with van der Waals surface area (Å²) in [7, 11) is -3.73. The van der Waals surface area contributed by atoms with E-state index in [1.165, 1.54) is 17.0 Å². The average Bonchev–Trinajstić information content (AvgIpc) is 2.95. The number of carbonyl (C=O) groups is 2. The van der Waals surface area contributed by atoms with Crippen molar-refractivity contribution in [3.05, 3.63) is 95.1 Å². The van der Waals surface area contributed by atoms with Crippen LogP contribution < -0.4 is 4.72 Å². The third-order valence-corrected chi connectivity index (χ3v) is 6.15. The highest BCUT2D eigenvalue weighted by atomic mass is 32.2. The predicted octanol–water partition coefficient (Wildman–Crippen LogP) is 3.59. The van der Waals surface area contributed by atoms with E-state index in [1.54, 1.807) is 48.5 Å². The van der Waals surface area contributed by atoms with Crippen molar-refractivity contribution in [3.63, 3.8) is 0 Å². The molecule has 7 heteroatoms. The fourth-order valence-electron chi connectivity index (χ4n) is 3.18. The van der Waals surface area contributed by atoms with Crippen LogP contribution in [0, 0.1) is 6.92 Å². The highest BCUT2D eigenvalue weighted by Crippen LogP contribution is 2.25. The molecule has 0 aliphatic carbocycles. The largest absolute Gasteiger partial charge is 0.280 e. The van der Waals surface area contributed by atoms with Gasteiger partial charge < -0.3 is 0 Å². The molecule has 4 rings (SSSR count). The van der Waals surface area contributed by atoms with Gasteiger partial charge in [0.25, 0.3) is 21.8 Å². The maximum absolute atomic E-state index is 12.6. The zero-order valence-corrected chi connectivity index (χ0v) is 16.4. The van der Waals surface area contributed by atoms with E-state index in [0.29, 0.717) is 22.4 Å². The maximum atomic E-state index is 12.6. The monoisotopic (exact) mass is 406 g/mol. The molecule has 0 unspecified atom stereocenters. The first-order valence-electron chi connectivity index (χ1n) is 8.99. The number of fused-ring (bicyclic) bond motifs is 1. The van der Waals surface area contributed by atoms with Crippen LogP contribution in [0.3, 0.4) is 0 Å². The first-order valence-corrected chi connectivity index (χ1v) is 10.5. The normalized spacial score (nSPS) is 13.5. The van der Waals surface area contributed by atoms with Gasteiger partial charge in [0.15, 0.2) is 0 Å². The molecule has 146 valence electrons. The minimum atomic E-state index is -3.73. The van der Waals surface area contributed by atoms with Crippen LogP contribution in [-0.4, -0.2) is 25.1 Å². The van der Waals surface area contributed by atoms with Crippen molar-refractivity contribution in [3.8, 4) is 0 Å². The number of imide groups is 1. The zero-order valence-electron chi connectivity index (χ0n) is 15.6. The first kappa shape index (κ1) is 18.9. The molecule has 6 nitrogen and oxygen atoms in total. The molecule has 1 heterocycles. The van der Waals surface area contributed by atoms with Crippen molar-refractivity contribution in [1.82, 2.24) is 4.90 Å². The lowest BCUT2D eigenvalue weighted by atomic mass is 10.1. The van der Waals surface area contributed by atoms with Crippen molar-refractivity contribution in [2.45, 2.75) is 18.4 Å². The second-order valence-corrected chi connectivity index (χ2v) is 8.54. The van der Waals surface area contributed by atoms with Gasteiger partial charge in [0.05, 0.1) is 22.6 Å². The number of carbonyl (C=O) groups excluding carboxylic acids is 2. The van der Waals surface area contributed by atoms with Crippen LogP contribution >= 0.6 is 0 Å². The highest BCUT2D eigenvalue weighted by Gasteiger charge is 2.34. The van der Waals surface area contributed by atoms with Crippen LogP contribution in [0.1, 0.15) is 31.8 Å². The Kier molecular flexibility index (Phi) is 4.68. The summed E-state index contributed by atoms with van der Waals surface area (Å²) in [6, 6.07) is 19.9. The number of benzene rings is 3. The van der Waals surface area contributed by atoms with Gasteiger partial charge in [0.2, 0.25) is 0 Å². The van der Waals surface area contributed by atoms with E-state index in [0.717, 1.165) is 5.56 Å². The summed E-state index contributed by atoms with van der Waals surface area (Å²) >= 11 is 0. The van der Waals surface area contributed by atoms with Gasteiger partial charge in [-0.2, -0.15) is 0 Å². The Morgan fingerprint density at radius 1 is 0.793 bits per heavy atom. The lowest BCUT2D eigenvalue weighted by molar-refractivity contribution is 0.0642. The quantitative estimate of drug-likeness (QED) is 0.657. The molecule has 0 saturated carbocycles. The molecule has 2 amide bonds. The van der Waals surface area contributed by atoms with Gasteiger partial charge in [-0.05, 0) is 48.9 Å². The molecule has 0 radical (unpaired) electrons. The molecule has 0 fully saturated rings. The number of rotatable bonds is 5. The number of hydrogen-bond acceptors (Lipinski definition) is 4. The van der Waals surface area contributed by atoms with Crippen LogP contribution in [-0.2, 0) is 16.6 Å². The van der Waals surface area contributed by atoms with Crippen molar-refractivity contribution in [2.75, 3.05) is 4.72 Å². The van der Waals surface area contributed by atoms with E-state index >= 15 is 0 Å². The minimum absolute atomic E-state index is 0.0814. The second-order valence-electron chi connectivity index (χ2n) is 6.86. The van der Waals surface area contributed by atoms with Gasteiger partial charge in [-0.25, -0.2) is 8.42 Å². The van der Waals surface area contributed by atoms with Gasteiger partial charge in [-0.15, -0.1) is 0 Å². The predicted molar refractivity (Wildman–Crippen MR) is 109 cm³/mol. The summed E-state index contributed by atoms with van der Waals surface area (Å²) in [6.07, 6.45) is 0. The summed E-state index contributed by atoms with van der Waals surface area (Å²) in [5.74, 6) is -0.688. The van der Waals surface area contributed by atoms with Crippen LogP contribution in [0.15, 0.2) is 77.7 Å². The Hall–Kier alpha value is -3.45. The van der Waals surface area contributed by atoms with Gasteiger partial charge >= 0.3 is 0 Å². The molecular weight excluding hydrogens is 388 g/mol. The molecule has 1 aliphatic rings. The fraction of sp³-hybridized carbons (Fsp3) is 0.0909. The lowest BCUT2D eigenvalue weighted by Gasteiger charge is -2.14.